The molecule has 0 unspecified atom stereocenters. The average molecular weight is 443 g/mol. The predicted molar refractivity (Wildman–Crippen MR) is 132 cm³/mol. The van der Waals surface area contributed by atoms with Crippen LogP contribution in [-0.2, 0) is 6.54 Å². The number of nitrogens with zero attached hydrogens (tertiary/aromatic N) is 4. The average Bonchev–Trinajstić information content (AvgIpc) is 3.22. The number of aromatic nitrogens is 3. The molecule has 0 aromatic carbocycles. The minimum atomic E-state index is -0.0460. The zero-order chi connectivity index (χ0) is 22.9. The lowest BCUT2D eigenvalue weighted by Crippen LogP contribution is -2.30. The van der Waals surface area contributed by atoms with Gasteiger partial charge < -0.3 is 15.5 Å². The highest BCUT2D eigenvalue weighted by atomic mass is 16.1. The first kappa shape index (κ1) is 24.5. The molecule has 2 aromatic rings. The minimum absolute atomic E-state index is 0.0460. The lowest BCUT2D eigenvalue weighted by Gasteiger charge is -2.29. The van der Waals surface area contributed by atoms with Crippen molar-refractivity contribution < 1.29 is 4.79 Å². The second-order valence-corrected chi connectivity index (χ2v) is 9.55. The summed E-state index contributed by atoms with van der Waals surface area (Å²) in [6.45, 7) is 6.89. The van der Waals surface area contributed by atoms with E-state index in [1.54, 1.807) is 6.20 Å². The molecule has 0 spiro atoms. The SMILES string of the molecule is CCn1ncc2c(N[C@H](C)C3CCCCC3)c(C(=O)NCCCCCCN(C)C)cnc21. The molecule has 1 fully saturated rings. The molecule has 1 amide bonds. The summed E-state index contributed by atoms with van der Waals surface area (Å²) >= 11 is 0. The Kier molecular flexibility index (Phi) is 9.33. The third-order valence-electron chi connectivity index (χ3n) is 6.76. The Bertz CT molecular complexity index is 855. The van der Waals surface area contributed by atoms with Gasteiger partial charge in [-0.05, 0) is 66.1 Å². The highest BCUT2D eigenvalue weighted by molar-refractivity contribution is 6.06. The molecule has 0 bridgehead atoms. The van der Waals surface area contributed by atoms with Gasteiger partial charge in [0.15, 0.2) is 5.65 Å². The van der Waals surface area contributed by atoms with Gasteiger partial charge in [0.2, 0.25) is 0 Å². The van der Waals surface area contributed by atoms with Crippen molar-refractivity contribution in [3.63, 3.8) is 0 Å². The van der Waals surface area contributed by atoms with Crippen LogP contribution in [0.15, 0.2) is 12.4 Å². The highest BCUT2D eigenvalue weighted by Gasteiger charge is 2.24. The van der Waals surface area contributed by atoms with Gasteiger partial charge in [0.1, 0.15) is 0 Å². The number of hydrogen-bond acceptors (Lipinski definition) is 5. The van der Waals surface area contributed by atoms with Crippen LogP contribution in [0.2, 0.25) is 0 Å². The highest BCUT2D eigenvalue weighted by Crippen LogP contribution is 2.32. The van der Waals surface area contributed by atoms with Gasteiger partial charge in [-0.1, -0.05) is 32.1 Å². The number of carbonyl (C=O) groups is 1. The van der Waals surface area contributed by atoms with Gasteiger partial charge in [0.05, 0.1) is 22.8 Å². The number of fused-ring (bicyclic) bond motifs is 1. The fourth-order valence-corrected chi connectivity index (χ4v) is 4.77. The number of pyridine rings is 1. The Morgan fingerprint density at radius 1 is 1.16 bits per heavy atom. The number of unbranched alkanes of at least 4 members (excludes halogenated alkanes) is 3. The Labute approximate surface area is 193 Å². The topological polar surface area (TPSA) is 75.1 Å². The largest absolute Gasteiger partial charge is 0.381 e. The van der Waals surface area contributed by atoms with Crippen LogP contribution in [0.3, 0.4) is 0 Å². The molecule has 0 saturated heterocycles. The van der Waals surface area contributed by atoms with E-state index in [4.69, 9.17) is 0 Å². The first-order chi connectivity index (χ1) is 15.5. The Hall–Kier alpha value is -2.15. The fourth-order valence-electron chi connectivity index (χ4n) is 4.77. The summed E-state index contributed by atoms with van der Waals surface area (Å²) in [5.74, 6) is 0.599. The van der Waals surface area contributed by atoms with Crippen LogP contribution in [0, 0.1) is 5.92 Å². The summed E-state index contributed by atoms with van der Waals surface area (Å²) in [6.07, 6.45) is 14.6. The lowest BCUT2D eigenvalue weighted by molar-refractivity contribution is 0.0953. The smallest absolute Gasteiger partial charge is 0.254 e. The molecule has 1 aliphatic rings. The number of aryl methyl sites for hydroxylation is 1. The maximum absolute atomic E-state index is 13.1. The molecular weight excluding hydrogens is 400 g/mol. The molecule has 32 heavy (non-hydrogen) atoms. The van der Waals surface area contributed by atoms with Crippen molar-refractivity contribution in [3.8, 4) is 0 Å². The van der Waals surface area contributed by atoms with Gasteiger partial charge in [-0.25, -0.2) is 9.67 Å². The van der Waals surface area contributed by atoms with Crippen molar-refractivity contribution in [2.24, 2.45) is 5.92 Å². The van der Waals surface area contributed by atoms with E-state index in [9.17, 15) is 4.79 Å². The minimum Gasteiger partial charge on any atom is -0.381 e. The van der Waals surface area contributed by atoms with Crippen LogP contribution >= 0.6 is 0 Å². The number of rotatable bonds is 12. The van der Waals surface area contributed by atoms with E-state index in [0.29, 0.717) is 24.1 Å². The zero-order valence-electron chi connectivity index (χ0n) is 20.5. The first-order valence-electron chi connectivity index (χ1n) is 12.5. The summed E-state index contributed by atoms with van der Waals surface area (Å²) < 4.78 is 1.89. The van der Waals surface area contributed by atoms with Crippen molar-refractivity contribution in [3.05, 3.63) is 18.0 Å². The molecule has 2 aromatic heterocycles. The number of carbonyl (C=O) groups excluding carboxylic acids is 1. The van der Waals surface area contributed by atoms with Gasteiger partial charge >= 0.3 is 0 Å². The van der Waals surface area contributed by atoms with Crippen molar-refractivity contribution >= 4 is 22.6 Å². The van der Waals surface area contributed by atoms with E-state index in [-0.39, 0.29) is 5.91 Å². The lowest BCUT2D eigenvalue weighted by atomic mass is 9.84. The monoisotopic (exact) mass is 442 g/mol. The zero-order valence-corrected chi connectivity index (χ0v) is 20.5. The molecule has 1 aliphatic carbocycles. The molecule has 178 valence electrons. The van der Waals surface area contributed by atoms with Crippen molar-refractivity contribution in [1.82, 2.24) is 25.0 Å². The first-order valence-corrected chi connectivity index (χ1v) is 12.5. The van der Waals surface area contributed by atoms with E-state index >= 15 is 0 Å². The van der Waals surface area contributed by atoms with Crippen LogP contribution in [0.25, 0.3) is 11.0 Å². The van der Waals surface area contributed by atoms with E-state index in [1.807, 2.05) is 10.9 Å². The van der Waals surface area contributed by atoms with Gasteiger partial charge in [-0.3, -0.25) is 4.79 Å². The van der Waals surface area contributed by atoms with E-state index in [0.717, 1.165) is 42.7 Å². The van der Waals surface area contributed by atoms with Crippen molar-refractivity contribution in [2.45, 2.75) is 84.2 Å². The van der Waals surface area contributed by atoms with Gasteiger partial charge in [-0.15, -0.1) is 0 Å². The van der Waals surface area contributed by atoms with E-state index < -0.39 is 0 Å². The maximum Gasteiger partial charge on any atom is 0.254 e. The second-order valence-electron chi connectivity index (χ2n) is 9.55. The number of nitrogens with one attached hydrogen (secondary N) is 2. The van der Waals surface area contributed by atoms with Crippen molar-refractivity contribution in [2.75, 3.05) is 32.5 Å². The molecule has 7 heteroatoms. The fraction of sp³-hybridized carbons (Fsp3) is 0.720. The summed E-state index contributed by atoms with van der Waals surface area (Å²) in [5, 5.41) is 12.3. The van der Waals surface area contributed by atoms with Crippen LogP contribution in [0.4, 0.5) is 5.69 Å². The van der Waals surface area contributed by atoms with Crippen molar-refractivity contribution in [1.29, 1.82) is 0 Å². The van der Waals surface area contributed by atoms with Crippen LogP contribution in [0.1, 0.15) is 82.0 Å². The Balaban J connectivity index is 1.68. The molecule has 7 nitrogen and oxygen atoms in total. The van der Waals surface area contributed by atoms with Gasteiger partial charge in [-0.2, -0.15) is 5.10 Å². The van der Waals surface area contributed by atoms with Gasteiger partial charge in [0.25, 0.3) is 5.91 Å². The molecule has 1 atom stereocenters. The Morgan fingerprint density at radius 2 is 1.91 bits per heavy atom. The third kappa shape index (κ3) is 6.44. The summed E-state index contributed by atoms with van der Waals surface area (Å²) in [6, 6.07) is 0.314. The molecule has 2 heterocycles. The van der Waals surface area contributed by atoms with E-state index in [1.165, 1.54) is 44.9 Å². The Morgan fingerprint density at radius 3 is 2.62 bits per heavy atom. The van der Waals surface area contributed by atoms with Gasteiger partial charge in [0, 0.05) is 25.3 Å². The van der Waals surface area contributed by atoms with Crippen LogP contribution < -0.4 is 10.6 Å². The second kappa shape index (κ2) is 12.2. The third-order valence-corrected chi connectivity index (χ3v) is 6.76. The normalized spacial score (nSPS) is 15.9. The summed E-state index contributed by atoms with van der Waals surface area (Å²) in [7, 11) is 4.21. The van der Waals surface area contributed by atoms with Crippen LogP contribution in [-0.4, -0.2) is 58.8 Å². The standard InChI is InChI=1S/C25H42N6O/c1-5-31-24-21(18-28-31)23(29-19(2)20-13-9-8-10-14-20)22(17-27-24)25(32)26-15-11-6-7-12-16-30(3)4/h17-20H,5-16H2,1-4H3,(H,26,32)(H,27,29)/t19-/m1/s1. The molecular formula is C25H42N6O. The number of amides is 1. The molecule has 1 saturated carbocycles. The predicted octanol–water partition coefficient (Wildman–Crippen LogP) is 4.68. The summed E-state index contributed by atoms with van der Waals surface area (Å²) in [5.41, 5.74) is 2.35. The number of anilines is 1. The summed E-state index contributed by atoms with van der Waals surface area (Å²) in [4.78, 5) is 19.9. The molecule has 0 aliphatic heterocycles. The molecule has 3 rings (SSSR count). The molecule has 2 N–H and O–H groups in total. The number of hydrogen-bond donors (Lipinski definition) is 2. The van der Waals surface area contributed by atoms with E-state index in [2.05, 4.69) is 53.6 Å². The quantitative estimate of drug-likeness (QED) is 0.467. The molecule has 0 radical (unpaired) electrons. The van der Waals surface area contributed by atoms with Crippen LogP contribution in [0.5, 0.6) is 0 Å². The maximum atomic E-state index is 13.1.